The highest BCUT2D eigenvalue weighted by Crippen LogP contribution is 2.24. The molecule has 0 aliphatic carbocycles. The van der Waals surface area contributed by atoms with E-state index in [1.165, 1.54) is 12.1 Å². The molecule has 0 aliphatic heterocycles. The van der Waals surface area contributed by atoms with E-state index >= 15 is 0 Å². The van der Waals surface area contributed by atoms with Gasteiger partial charge in [-0.05, 0) is 30.3 Å². The molecule has 0 atom stereocenters. The van der Waals surface area contributed by atoms with Crippen LogP contribution in [0.2, 0.25) is 0 Å². The Morgan fingerprint density at radius 2 is 2.05 bits per heavy atom. The first kappa shape index (κ1) is 13.7. The molecular formula is C14H16N4O2. The highest BCUT2D eigenvalue weighted by Gasteiger charge is 2.09. The van der Waals surface area contributed by atoms with Crippen LogP contribution in [-0.2, 0) is 0 Å². The molecular weight excluding hydrogens is 256 g/mol. The molecule has 1 aromatic carbocycles. The summed E-state index contributed by atoms with van der Waals surface area (Å²) in [6.07, 6.45) is 0. The normalized spacial score (nSPS) is 10.1. The van der Waals surface area contributed by atoms with Gasteiger partial charge in [-0.2, -0.15) is 0 Å². The molecule has 0 radical (unpaired) electrons. The number of aromatic carboxylic acids is 1. The van der Waals surface area contributed by atoms with E-state index in [-0.39, 0.29) is 5.69 Å². The molecule has 0 amide bonds. The fourth-order valence-electron chi connectivity index (χ4n) is 1.69. The topological polar surface area (TPSA) is 91.5 Å². The predicted octanol–water partition coefficient (Wildman–Crippen LogP) is 2.17. The first-order chi connectivity index (χ1) is 9.47. The molecule has 0 fully saturated rings. The zero-order valence-electron chi connectivity index (χ0n) is 11.3. The number of anilines is 4. The average Bonchev–Trinajstić information content (AvgIpc) is 2.41. The van der Waals surface area contributed by atoms with E-state index in [2.05, 4.69) is 10.3 Å². The van der Waals surface area contributed by atoms with Gasteiger partial charge in [-0.25, -0.2) is 9.78 Å². The number of benzene rings is 1. The SMILES string of the molecule is CN(C)c1cccc(Nc2nc(C(=O)O)ccc2N)c1. The molecule has 1 heterocycles. The number of carboxylic acid groups (broad SMARTS) is 1. The molecule has 0 unspecified atom stereocenters. The Morgan fingerprint density at radius 3 is 2.70 bits per heavy atom. The molecule has 2 rings (SSSR count). The second-order valence-electron chi connectivity index (χ2n) is 4.51. The van der Waals surface area contributed by atoms with Crippen molar-refractivity contribution in [1.29, 1.82) is 0 Å². The van der Waals surface area contributed by atoms with Crippen molar-refractivity contribution >= 4 is 28.8 Å². The summed E-state index contributed by atoms with van der Waals surface area (Å²) in [5.74, 6) is -0.754. The van der Waals surface area contributed by atoms with E-state index in [1.54, 1.807) is 0 Å². The Kier molecular flexibility index (Phi) is 3.74. The van der Waals surface area contributed by atoms with Crippen LogP contribution in [0.4, 0.5) is 22.9 Å². The smallest absolute Gasteiger partial charge is 0.354 e. The molecule has 0 spiro atoms. The summed E-state index contributed by atoms with van der Waals surface area (Å²) in [5.41, 5.74) is 7.96. The Balaban J connectivity index is 2.32. The first-order valence-electron chi connectivity index (χ1n) is 6.01. The second kappa shape index (κ2) is 5.48. The van der Waals surface area contributed by atoms with Crippen molar-refractivity contribution in [1.82, 2.24) is 4.98 Å². The van der Waals surface area contributed by atoms with Gasteiger partial charge in [0.2, 0.25) is 0 Å². The largest absolute Gasteiger partial charge is 0.477 e. The number of hydrogen-bond donors (Lipinski definition) is 3. The number of nitrogens with one attached hydrogen (secondary N) is 1. The zero-order chi connectivity index (χ0) is 14.7. The third-order valence-corrected chi connectivity index (χ3v) is 2.77. The molecule has 6 heteroatoms. The van der Waals surface area contributed by atoms with Gasteiger partial charge in [-0.1, -0.05) is 6.07 Å². The summed E-state index contributed by atoms with van der Waals surface area (Å²) in [5, 5.41) is 12.0. The maximum atomic E-state index is 10.9. The Labute approximate surface area is 116 Å². The number of nitrogens with two attached hydrogens (primary N) is 1. The van der Waals surface area contributed by atoms with Gasteiger partial charge < -0.3 is 21.1 Å². The minimum atomic E-state index is -1.09. The highest BCUT2D eigenvalue weighted by atomic mass is 16.4. The van der Waals surface area contributed by atoms with Crippen molar-refractivity contribution in [2.45, 2.75) is 0 Å². The number of aromatic nitrogens is 1. The lowest BCUT2D eigenvalue weighted by molar-refractivity contribution is 0.0690. The molecule has 0 saturated heterocycles. The van der Waals surface area contributed by atoms with Crippen LogP contribution in [0.3, 0.4) is 0 Å². The molecule has 1 aromatic heterocycles. The lowest BCUT2D eigenvalue weighted by Crippen LogP contribution is -2.09. The van der Waals surface area contributed by atoms with Crippen LogP contribution >= 0.6 is 0 Å². The number of hydrogen-bond acceptors (Lipinski definition) is 5. The Hall–Kier alpha value is -2.76. The van der Waals surface area contributed by atoms with Crippen LogP contribution in [0, 0.1) is 0 Å². The van der Waals surface area contributed by atoms with E-state index in [1.807, 2.05) is 43.3 Å². The summed E-state index contributed by atoms with van der Waals surface area (Å²) >= 11 is 0. The lowest BCUT2D eigenvalue weighted by atomic mass is 10.2. The minimum absolute atomic E-state index is 0.0505. The standard InChI is InChI=1S/C14H16N4O2/c1-18(2)10-5-3-4-9(8-10)16-13-11(15)6-7-12(17-13)14(19)20/h3-8H,15H2,1-2H3,(H,16,17)(H,19,20). The number of rotatable bonds is 4. The van der Waals surface area contributed by atoms with Crippen LogP contribution < -0.4 is 16.0 Å². The maximum absolute atomic E-state index is 10.9. The van der Waals surface area contributed by atoms with E-state index < -0.39 is 5.97 Å². The molecule has 104 valence electrons. The predicted molar refractivity (Wildman–Crippen MR) is 79.7 cm³/mol. The fraction of sp³-hybridized carbons (Fsp3) is 0.143. The van der Waals surface area contributed by atoms with Crippen molar-refractivity contribution in [3.05, 3.63) is 42.1 Å². The van der Waals surface area contributed by atoms with Gasteiger partial charge in [0.15, 0.2) is 11.5 Å². The number of carboxylic acids is 1. The quantitative estimate of drug-likeness (QED) is 0.790. The van der Waals surface area contributed by atoms with Crippen LogP contribution in [0.5, 0.6) is 0 Å². The second-order valence-corrected chi connectivity index (χ2v) is 4.51. The van der Waals surface area contributed by atoms with Gasteiger partial charge in [0.25, 0.3) is 0 Å². The first-order valence-corrected chi connectivity index (χ1v) is 6.01. The Morgan fingerprint density at radius 1 is 1.30 bits per heavy atom. The summed E-state index contributed by atoms with van der Waals surface area (Å²) in [7, 11) is 3.88. The van der Waals surface area contributed by atoms with Crippen molar-refractivity contribution in [2.24, 2.45) is 0 Å². The van der Waals surface area contributed by atoms with Gasteiger partial charge in [0.1, 0.15) is 0 Å². The monoisotopic (exact) mass is 272 g/mol. The maximum Gasteiger partial charge on any atom is 0.354 e. The average molecular weight is 272 g/mol. The molecule has 20 heavy (non-hydrogen) atoms. The van der Waals surface area contributed by atoms with E-state index in [0.717, 1.165) is 11.4 Å². The molecule has 4 N–H and O–H groups in total. The minimum Gasteiger partial charge on any atom is -0.477 e. The number of pyridine rings is 1. The third-order valence-electron chi connectivity index (χ3n) is 2.77. The fourth-order valence-corrected chi connectivity index (χ4v) is 1.69. The molecule has 2 aromatic rings. The van der Waals surface area contributed by atoms with Gasteiger partial charge in [0, 0.05) is 25.5 Å². The number of carbonyl (C=O) groups is 1. The lowest BCUT2D eigenvalue weighted by Gasteiger charge is -2.15. The van der Waals surface area contributed by atoms with E-state index in [0.29, 0.717) is 11.5 Å². The van der Waals surface area contributed by atoms with Gasteiger partial charge in [-0.3, -0.25) is 0 Å². The van der Waals surface area contributed by atoms with Crippen molar-refractivity contribution < 1.29 is 9.90 Å². The van der Waals surface area contributed by atoms with Gasteiger partial charge in [0.05, 0.1) is 5.69 Å². The summed E-state index contributed by atoms with van der Waals surface area (Å²) in [6.45, 7) is 0. The van der Waals surface area contributed by atoms with Gasteiger partial charge >= 0.3 is 5.97 Å². The summed E-state index contributed by atoms with van der Waals surface area (Å²) < 4.78 is 0. The number of nitrogens with zero attached hydrogens (tertiary/aromatic N) is 2. The third kappa shape index (κ3) is 2.97. The zero-order valence-corrected chi connectivity index (χ0v) is 11.3. The highest BCUT2D eigenvalue weighted by molar-refractivity contribution is 5.87. The van der Waals surface area contributed by atoms with E-state index in [9.17, 15) is 4.79 Å². The Bertz CT molecular complexity index is 641. The number of nitrogen functional groups attached to an aromatic ring is 1. The summed E-state index contributed by atoms with van der Waals surface area (Å²) in [6, 6.07) is 10.5. The van der Waals surface area contributed by atoms with E-state index in [4.69, 9.17) is 10.8 Å². The van der Waals surface area contributed by atoms with Gasteiger partial charge in [-0.15, -0.1) is 0 Å². The van der Waals surface area contributed by atoms with Crippen LogP contribution in [0.1, 0.15) is 10.5 Å². The van der Waals surface area contributed by atoms with Crippen LogP contribution in [0.25, 0.3) is 0 Å². The molecule has 0 saturated carbocycles. The van der Waals surface area contributed by atoms with Crippen LogP contribution in [-0.4, -0.2) is 30.2 Å². The molecule has 6 nitrogen and oxygen atoms in total. The van der Waals surface area contributed by atoms with Crippen molar-refractivity contribution in [2.75, 3.05) is 30.0 Å². The van der Waals surface area contributed by atoms with Crippen LogP contribution in [0.15, 0.2) is 36.4 Å². The summed E-state index contributed by atoms with van der Waals surface area (Å²) in [4.78, 5) is 16.9. The molecule has 0 aliphatic rings. The molecule has 0 bridgehead atoms. The van der Waals surface area contributed by atoms with Crippen molar-refractivity contribution in [3.8, 4) is 0 Å². The van der Waals surface area contributed by atoms with Crippen molar-refractivity contribution in [3.63, 3.8) is 0 Å².